The predicted octanol–water partition coefficient (Wildman–Crippen LogP) is 4.89. The van der Waals surface area contributed by atoms with Crippen LogP contribution in [0.5, 0.6) is 5.75 Å². The van der Waals surface area contributed by atoms with Crippen molar-refractivity contribution >= 4 is 0 Å². The maximum absolute atomic E-state index is 5.87. The average molecular weight is 289 g/mol. The van der Waals surface area contributed by atoms with Gasteiger partial charge in [-0.2, -0.15) is 0 Å². The van der Waals surface area contributed by atoms with E-state index in [2.05, 4.69) is 50.4 Å². The minimum atomic E-state index is 0.239. The van der Waals surface area contributed by atoms with Crippen LogP contribution in [-0.4, -0.2) is 18.7 Å². The van der Waals surface area contributed by atoms with E-state index in [1.807, 2.05) is 0 Å². The van der Waals surface area contributed by atoms with E-state index in [4.69, 9.17) is 4.74 Å². The van der Waals surface area contributed by atoms with Crippen molar-refractivity contribution in [1.82, 2.24) is 5.32 Å². The van der Waals surface area contributed by atoms with Gasteiger partial charge in [-0.3, -0.25) is 0 Å². The van der Waals surface area contributed by atoms with Gasteiger partial charge < -0.3 is 10.1 Å². The molecule has 0 radical (unpaired) electrons. The molecule has 2 rings (SSSR count). The SMILES string of the molecule is CCCNC1CCCCCC1c1cccc(OC(C)C)c1. The molecule has 1 aliphatic carbocycles. The fourth-order valence-electron chi connectivity index (χ4n) is 3.37. The zero-order valence-corrected chi connectivity index (χ0v) is 13.9. The van der Waals surface area contributed by atoms with Gasteiger partial charge in [-0.25, -0.2) is 0 Å². The molecule has 0 heterocycles. The Bertz CT molecular complexity index is 416. The van der Waals surface area contributed by atoms with Crippen LogP contribution in [0.15, 0.2) is 24.3 Å². The molecular formula is C19H31NO. The Morgan fingerprint density at radius 1 is 1.19 bits per heavy atom. The number of benzene rings is 1. The molecule has 0 aliphatic heterocycles. The summed E-state index contributed by atoms with van der Waals surface area (Å²) in [6.07, 6.45) is 8.14. The number of hydrogen-bond donors (Lipinski definition) is 1. The third-order valence-corrected chi connectivity index (χ3v) is 4.33. The molecule has 21 heavy (non-hydrogen) atoms. The fourth-order valence-corrected chi connectivity index (χ4v) is 3.37. The van der Waals surface area contributed by atoms with Gasteiger partial charge in [0.2, 0.25) is 0 Å². The predicted molar refractivity (Wildman–Crippen MR) is 90.1 cm³/mol. The van der Waals surface area contributed by atoms with Crippen molar-refractivity contribution in [3.8, 4) is 5.75 Å². The van der Waals surface area contributed by atoms with E-state index in [-0.39, 0.29) is 6.10 Å². The van der Waals surface area contributed by atoms with Crippen molar-refractivity contribution in [1.29, 1.82) is 0 Å². The highest BCUT2D eigenvalue weighted by atomic mass is 16.5. The lowest BCUT2D eigenvalue weighted by atomic mass is 9.87. The first kappa shape index (κ1) is 16.4. The number of hydrogen-bond acceptors (Lipinski definition) is 2. The van der Waals surface area contributed by atoms with Crippen molar-refractivity contribution in [3.63, 3.8) is 0 Å². The Kier molecular flexibility index (Phi) is 6.56. The number of rotatable bonds is 6. The number of ether oxygens (including phenoxy) is 1. The van der Waals surface area contributed by atoms with Crippen LogP contribution < -0.4 is 10.1 Å². The van der Waals surface area contributed by atoms with Crippen LogP contribution in [0.4, 0.5) is 0 Å². The van der Waals surface area contributed by atoms with Gasteiger partial charge in [0.1, 0.15) is 5.75 Å². The minimum Gasteiger partial charge on any atom is -0.491 e. The quantitative estimate of drug-likeness (QED) is 0.753. The molecule has 0 aromatic heterocycles. The summed E-state index contributed by atoms with van der Waals surface area (Å²) in [6, 6.07) is 9.39. The molecule has 1 saturated carbocycles. The normalized spacial score (nSPS) is 23.0. The summed E-state index contributed by atoms with van der Waals surface area (Å²) in [7, 11) is 0. The van der Waals surface area contributed by atoms with Gasteiger partial charge >= 0.3 is 0 Å². The first-order chi connectivity index (χ1) is 10.2. The van der Waals surface area contributed by atoms with E-state index in [0.29, 0.717) is 12.0 Å². The third-order valence-electron chi connectivity index (χ3n) is 4.33. The lowest BCUT2D eigenvalue weighted by molar-refractivity contribution is 0.242. The van der Waals surface area contributed by atoms with E-state index < -0.39 is 0 Å². The highest BCUT2D eigenvalue weighted by molar-refractivity contribution is 5.32. The van der Waals surface area contributed by atoms with E-state index in [0.717, 1.165) is 12.3 Å². The molecule has 1 aromatic carbocycles. The van der Waals surface area contributed by atoms with Crippen molar-refractivity contribution in [3.05, 3.63) is 29.8 Å². The molecule has 0 saturated heterocycles. The second-order valence-electron chi connectivity index (χ2n) is 6.54. The van der Waals surface area contributed by atoms with Crippen LogP contribution >= 0.6 is 0 Å². The highest BCUT2D eigenvalue weighted by Crippen LogP contribution is 2.33. The Morgan fingerprint density at radius 3 is 2.76 bits per heavy atom. The van der Waals surface area contributed by atoms with Crippen molar-refractivity contribution in [2.75, 3.05) is 6.54 Å². The monoisotopic (exact) mass is 289 g/mol. The molecule has 1 N–H and O–H groups in total. The van der Waals surface area contributed by atoms with Gasteiger partial charge in [0.25, 0.3) is 0 Å². The topological polar surface area (TPSA) is 21.3 Å². The van der Waals surface area contributed by atoms with Crippen molar-refractivity contribution < 1.29 is 4.74 Å². The molecule has 0 amide bonds. The van der Waals surface area contributed by atoms with Gasteiger partial charge in [0.05, 0.1) is 6.10 Å². The Balaban J connectivity index is 2.14. The molecule has 2 nitrogen and oxygen atoms in total. The average Bonchev–Trinajstić information content (AvgIpc) is 2.70. The standard InChI is InChI=1S/C19H31NO/c1-4-13-20-19-12-7-5-6-11-18(19)16-9-8-10-17(14-16)21-15(2)3/h8-10,14-15,18-20H,4-7,11-13H2,1-3H3. The molecule has 1 aromatic rings. The van der Waals surface area contributed by atoms with E-state index in [9.17, 15) is 0 Å². The fraction of sp³-hybridized carbons (Fsp3) is 0.684. The number of nitrogens with one attached hydrogen (secondary N) is 1. The van der Waals surface area contributed by atoms with Crippen LogP contribution in [0, 0.1) is 0 Å². The summed E-state index contributed by atoms with van der Waals surface area (Å²) in [6.45, 7) is 7.55. The van der Waals surface area contributed by atoms with Crippen molar-refractivity contribution in [2.24, 2.45) is 0 Å². The molecule has 1 aliphatic rings. The molecule has 0 spiro atoms. The molecular weight excluding hydrogens is 258 g/mol. The van der Waals surface area contributed by atoms with Gasteiger partial charge in [0.15, 0.2) is 0 Å². The summed E-state index contributed by atoms with van der Waals surface area (Å²) < 4.78 is 5.87. The van der Waals surface area contributed by atoms with Crippen LogP contribution in [0.1, 0.15) is 70.8 Å². The molecule has 0 bridgehead atoms. The maximum Gasteiger partial charge on any atom is 0.119 e. The van der Waals surface area contributed by atoms with E-state index in [1.165, 1.54) is 44.1 Å². The smallest absolute Gasteiger partial charge is 0.119 e. The highest BCUT2D eigenvalue weighted by Gasteiger charge is 2.24. The molecule has 2 unspecified atom stereocenters. The first-order valence-corrected chi connectivity index (χ1v) is 8.70. The molecule has 1 fully saturated rings. The van der Waals surface area contributed by atoms with Gasteiger partial charge in [-0.15, -0.1) is 0 Å². The molecule has 2 heteroatoms. The lowest BCUT2D eigenvalue weighted by Gasteiger charge is -2.27. The Hall–Kier alpha value is -1.02. The minimum absolute atomic E-state index is 0.239. The second kappa shape index (κ2) is 8.43. The van der Waals surface area contributed by atoms with Crippen LogP contribution in [0.25, 0.3) is 0 Å². The second-order valence-corrected chi connectivity index (χ2v) is 6.54. The van der Waals surface area contributed by atoms with Crippen LogP contribution in [0.2, 0.25) is 0 Å². The third kappa shape index (κ3) is 5.03. The van der Waals surface area contributed by atoms with Gasteiger partial charge in [-0.05, 0) is 63.3 Å². The molecule has 118 valence electrons. The summed E-state index contributed by atoms with van der Waals surface area (Å²) in [5.74, 6) is 1.65. The zero-order chi connectivity index (χ0) is 15.1. The molecule has 2 atom stereocenters. The van der Waals surface area contributed by atoms with E-state index >= 15 is 0 Å². The Labute approximate surface area is 130 Å². The van der Waals surface area contributed by atoms with E-state index in [1.54, 1.807) is 0 Å². The van der Waals surface area contributed by atoms with Crippen LogP contribution in [-0.2, 0) is 0 Å². The maximum atomic E-state index is 5.87. The first-order valence-electron chi connectivity index (χ1n) is 8.70. The Morgan fingerprint density at radius 2 is 2.00 bits per heavy atom. The van der Waals surface area contributed by atoms with Gasteiger partial charge in [-0.1, -0.05) is 38.3 Å². The zero-order valence-electron chi connectivity index (χ0n) is 13.9. The lowest BCUT2D eigenvalue weighted by Crippen LogP contribution is -2.34. The largest absolute Gasteiger partial charge is 0.491 e. The summed E-state index contributed by atoms with van der Waals surface area (Å²) in [4.78, 5) is 0. The van der Waals surface area contributed by atoms with Crippen LogP contribution in [0.3, 0.4) is 0 Å². The van der Waals surface area contributed by atoms with Crippen molar-refractivity contribution in [2.45, 2.75) is 77.4 Å². The summed E-state index contributed by atoms with van der Waals surface area (Å²) in [5.41, 5.74) is 1.45. The van der Waals surface area contributed by atoms with Gasteiger partial charge in [0, 0.05) is 6.04 Å². The summed E-state index contributed by atoms with van der Waals surface area (Å²) >= 11 is 0. The summed E-state index contributed by atoms with van der Waals surface area (Å²) in [5, 5.41) is 3.78.